The highest BCUT2D eigenvalue weighted by molar-refractivity contribution is 5.83. The van der Waals surface area contributed by atoms with Gasteiger partial charge < -0.3 is 9.64 Å². The van der Waals surface area contributed by atoms with Gasteiger partial charge in [0.15, 0.2) is 17.3 Å². The van der Waals surface area contributed by atoms with Gasteiger partial charge >= 0.3 is 6.09 Å². The standard InChI is InChI=1S/C25H28FN7O2/c1-15-11-31(12-16(2)33(15)24(34)35-25(3,4)5)19-6-7-21-17(8-19)10-27-22(29-21)18-9-20(26)23-30-28-14-32(23)13-18/h6-10,13-16H,11-12H2,1-5H3/t15-,16-/m0/s1. The van der Waals surface area contributed by atoms with E-state index in [1.54, 1.807) is 12.4 Å². The van der Waals surface area contributed by atoms with E-state index in [4.69, 9.17) is 4.74 Å². The fraction of sp³-hybridized carbons (Fsp3) is 0.400. The minimum Gasteiger partial charge on any atom is -0.444 e. The van der Waals surface area contributed by atoms with Crippen LogP contribution in [0.25, 0.3) is 27.9 Å². The number of halogens is 1. The van der Waals surface area contributed by atoms with E-state index in [0.717, 1.165) is 16.6 Å². The van der Waals surface area contributed by atoms with Crippen molar-refractivity contribution in [2.24, 2.45) is 0 Å². The van der Waals surface area contributed by atoms with Crippen LogP contribution in [-0.2, 0) is 4.74 Å². The smallest absolute Gasteiger partial charge is 0.410 e. The van der Waals surface area contributed by atoms with Crippen LogP contribution in [0.4, 0.5) is 14.9 Å². The lowest BCUT2D eigenvalue weighted by molar-refractivity contribution is 0.00566. The van der Waals surface area contributed by atoms with Crippen LogP contribution in [0.5, 0.6) is 0 Å². The van der Waals surface area contributed by atoms with Gasteiger partial charge in [-0.3, -0.25) is 9.30 Å². The van der Waals surface area contributed by atoms with Gasteiger partial charge in [0.2, 0.25) is 0 Å². The summed E-state index contributed by atoms with van der Waals surface area (Å²) in [6.45, 7) is 11.1. The summed E-state index contributed by atoms with van der Waals surface area (Å²) in [5.74, 6) is -0.0548. The first-order valence-electron chi connectivity index (χ1n) is 11.6. The number of pyridine rings is 1. The molecule has 0 spiro atoms. The third kappa shape index (κ3) is 4.48. The zero-order chi connectivity index (χ0) is 24.9. The summed E-state index contributed by atoms with van der Waals surface area (Å²) in [5.41, 5.74) is 1.97. The summed E-state index contributed by atoms with van der Waals surface area (Å²) in [6.07, 6.45) is 4.62. The van der Waals surface area contributed by atoms with Crippen molar-refractivity contribution >= 4 is 28.3 Å². The number of carbonyl (C=O) groups is 1. The van der Waals surface area contributed by atoms with Crippen LogP contribution in [0, 0.1) is 5.82 Å². The van der Waals surface area contributed by atoms with Gasteiger partial charge in [0.25, 0.3) is 0 Å². The summed E-state index contributed by atoms with van der Waals surface area (Å²) in [6, 6.07) is 7.36. The fourth-order valence-corrected chi connectivity index (χ4v) is 4.58. The molecule has 1 aliphatic heterocycles. The van der Waals surface area contributed by atoms with E-state index in [0.29, 0.717) is 24.5 Å². The van der Waals surface area contributed by atoms with Crippen LogP contribution in [-0.4, -0.2) is 66.3 Å². The molecule has 4 aromatic rings. The van der Waals surface area contributed by atoms with Crippen molar-refractivity contribution in [3.05, 3.63) is 48.8 Å². The molecule has 0 aliphatic carbocycles. The Kier molecular flexibility index (Phi) is 5.53. The molecule has 35 heavy (non-hydrogen) atoms. The van der Waals surface area contributed by atoms with Crippen molar-refractivity contribution in [2.75, 3.05) is 18.0 Å². The largest absolute Gasteiger partial charge is 0.444 e. The molecule has 1 saturated heterocycles. The lowest BCUT2D eigenvalue weighted by atomic mass is 10.1. The van der Waals surface area contributed by atoms with Crippen molar-refractivity contribution in [1.82, 2.24) is 29.5 Å². The molecular formula is C25H28FN7O2. The Hall–Kier alpha value is -3.82. The molecular weight excluding hydrogens is 449 g/mol. The van der Waals surface area contributed by atoms with E-state index in [-0.39, 0.29) is 23.8 Å². The molecule has 1 aliphatic rings. The maximum Gasteiger partial charge on any atom is 0.410 e. The third-order valence-corrected chi connectivity index (χ3v) is 6.06. The Bertz CT molecular complexity index is 1400. The lowest BCUT2D eigenvalue weighted by Crippen LogP contribution is -2.59. The monoisotopic (exact) mass is 477 g/mol. The maximum absolute atomic E-state index is 14.3. The van der Waals surface area contributed by atoms with Crippen LogP contribution in [0.2, 0.25) is 0 Å². The summed E-state index contributed by atoms with van der Waals surface area (Å²) < 4.78 is 21.5. The van der Waals surface area contributed by atoms with Gasteiger partial charge in [0, 0.05) is 42.1 Å². The van der Waals surface area contributed by atoms with Crippen LogP contribution in [0.15, 0.2) is 43.0 Å². The van der Waals surface area contributed by atoms with Gasteiger partial charge in [0.05, 0.1) is 17.6 Å². The molecule has 2 atom stereocenters. The summed E-state index contributed by atoms with van der Waals surface area (Å²) in [4.78, 5) is 25.9. The number of aromatic nitrogens is 5. The third-order valence-electron chi connectivity index (χ3n) is 6.06. The number of anilines is 1. The number of hydrogen-bond acceptors (Lipinski definition) is 7. The van der Waals surface area contributed by atoms with E-state index >= 15 is 0 Å². The van der Waals surface area contributed by atoms with Crippen LogP contribution < -0.4 is 4.90 Å². The van der Waals surface area contributed by atoms with Gasteiger partial charge in [-0.2, -0.15) is 0 Å². The molecule has 0 radical (unpaired) electrons. The van der Waals surface area contributed by atoms with Crippen molar-refractivity contribution in [1.29, 1.82) is 0 Å². The Labute approximate surface area is 202 Å². The van der Waals surface area contributed by atoms with E-state index in [2.05, 4.69) is 25.1 Å². The molecule has 10 heteroatoms. The highest BCUT2D eigenvalue weighted by Crippen LogP contribution is 2.28. The minimum atomic E-state index is -0.530. The van der Waals surface area contributed by atoms with Gasteiger partial charge in [-0.05, 0) is 58.9 Å². The molecule has 1 amide bonds. The van der Waals surface area contributed by atoms with E-state index in [9.17, 15) is 9.18 Å². The minimum absolute atomic E-state index is 0.00889. The number of nitrogens with zero attached hydrogens (tertiary/aromatic N) is 7. The number of piperazine rings is 1. The predicted molar refractivity (Wildman–Crippen MR) is 131 cm³/mol. The second kappa shape index (κ2) is 8.44. The van der Waals surface area contributed by atoms with Crippen molar-refractivity contribution in [2.45, 2.75) is 52.3 Å². The summed E-state index contributed by atoms with van der Waals surface area (Å²) in [7, 11) is 0. The summed E-state index contributed by atoms with van der Waals surface area (Å²) in [5, 5.41) is 8.38. The molecule has 3 aromatic heterocycles. The number of hydrogen-bond donors (Lipinski definition) is 0. The fourth-order valence-electron chi connectivity index (χ4n) is 4.58. The van der Waals surface area contributed by atoms with Crippen LogP contribution in [0.3, 0.4) is 0 Å². The maximum atomic E-state index is 14.3. The molecule has 4 heterocycles. The number of ether oxygens (including phenoxy) is 1. The zero-order valence-corrected chi connectivity index (χ0v) is 20.4. The molecule has 182 valence electrons. The summed E-state index contributed by atoms with van der Waals surface area (Å²) >= 11 is 0. The Morgan fingerprint density at radius 2 is 1.89 bits per heavy atom. The molecule has 5 rings (SSSR count). The van der Waals surface area contributed by atoms with Crippen molar-refractivity contribution in [3.8, 4) is 11.4 Å². The molecule has 0 unspecified atom stereocenters. The number of fused-ring (bicyclic) bond motifs is 2. The number of carbonyl (C=O) groups excluding carboxylic acids is 1. The number of rotatable bonds is 2. The van der Waals surface area contributed by atoms with Crippen molar-refractivity contribution in [3.63, 3.8) is 0 Å². The second-order valence-corrected chi connectivity index (χ2v) is 10.1. The first-order chi connectivity index (χ1) is 16.6. The SMILES string of the molecule is C[C@H]1CN(c2ccc3nc(-c4cc(F)c5nncn5c4)ncc3c2)C[C@H](C)N1C(=O)OC(C)(C)C. The molecule has 0 saturated carbocycles. The van der Waals surface area contributed by atoms with Gasteiger partial charge in [0.1, 0.15) is 11.9 Å². The molecule has 1 fully saturated rings. The normalized spacial score (nSPS) is 18.9. The lowest BCUT2D eigenvalue weighted by Gasteiger charge is -2.45. The van der Waals surface area contributed by atoms with Crippen LogP contribution >= 0.6 is 0 Å². The topological polar surface area (TPSA) is 88.8 Å². The molecule has 9 nitrogen and oxygen atoms in total. The number of benzene rings is 1. The molecule has 1 aromatic carbocycles. The van der Waals surface area contributed by atoms with Gasteiger partial charge in [-0.15, -0.1) is 10.2 Å². The molecule has 0 N–H and O–H groups in total. The predicted octanol–water partition coefficient (Wildman–Crippen LogP) is 4.31. The number of amides is 1. The Morgan fingerprint density at radius 3 is 2.60 bits per heavy atom. The van der Waals surface area contributed by atoms with E-state index in [1.165, 1.54) is 16.8 Å². The first kappa shape index (κ1) is 22.9. The average molecular weight is 478 g/mol. The quantitative estimate of drug-likeness (QED) is 0.425. The van der Waals surface area contributed by atoms with E-state index < -0.39 is 11.4 Å². The van der Waals surface area contributed by atoms with Crippen LogP contribution in [0.1, 0.15) is 34.6 Å². The second-order valence-electron chi connectivity index (χ2n) is 10.1. The van der Waals surface area contributed by atoms with Gasteiger partial charge in [-0.1, -0.05) is 0 Å². The highest BCUT2D eigenvalue weighted by atomic mass is 19.1. The van der Waals surface area contributed by atoms with E-state index in [1.807, 2.05) is 57.7 Å². The first-order valence-corrected chi connectivity index (χ1v) is 11.6. The average Bonchev–Trinajstić information content (AvgIpc) is 3.26. The molecule has 0 bridgehead atoms. The zero-order valence-electron chi connectivity index (χ0n) is 20.4. The van der Waals surface area contributed by atoms with Crippen molar-refractivity contribution < 1.29 is 13.9 Å². The Balaban J connectivity index is 1.38. The van der Waals surface area contributed by atoms with Gasteiger partial charge in [-0.25, -0.2) is 19.2 Å². The highest BCUT2D eigenvalue weighted by Gasteiger charge is 2.35. The Morgan fingerprint density at radius 1 is 1.14 bits per heavy atom.